The van der Waals surface area contributed by atoms with Gasteiger partial charge in [0.25, 0.3) is 11.6 Å². The Kier molecular flexibility index (Phi) is 3.64. The van der Waals surface area contributed by atoms with Crippen LogP contribution in [0.1, 0.15) is 22.0 Å². The molecule has 2 aliphatic heterocycles. The molecule has 0 aliphatic carbocycles. The van der Waals surface area contributed by atoms with Crippen LogP contribution in [0.2, 0.25) is 0 Å². The van der Waals surface area contributed by atoms with Gasteiger partial charge in [-0.05, 0) is 6.07 Å². The lowest BCUT2D eigenvalue weighted by atomic mass is 10.1. The zero-order valence-corrected chi connectivity index (χ0v) is 13.1. The summed E-state index contributed by atoms with van der Waals surface area (Å²) < 4.78 is 16.3. The number of hydrogen-bond donors (Lipinski definition) is 1. The highest BCUT2D eigenvalue weighted by molar-refractivity contribution is 5.99. The van der Waals surface area contributed by atoms with Crippen LogP contribution in [0, 0.1) is 10.1 Å². The minimum Gasteiger partial charge on any atom is -0.491 e. The van der Waals surface area contributed by atoms with Gasteiger partial charge >= 0.3 is 0 Å². The third kappa shape index (κ3) is 2.71. The van der Waals surface area contributed by atoms with Crippen molar-refractivity contribution >= 4 is 11.6 Å². The summed E-state index contributed by atoms with van der Waals surface area (Å²) in [5.41, 5.74) is 0.448. The number of carbonyl (C=O) groups excluding carboxylic acids is 1. The molecule has 0 radical (unpaired) electrons. The van der Waals surface area contributed by atoms with Gasteiger partial charge in [-0.3, -0.25) is 14.9 Å². The van der Waals surface area contributed by atoms with E-state index in [4.69, 9.17) is 14.2 Å². The molecule has 0 spiro atoms. The molecule has 0 aromatic heterocycles. The van der Waals surface area contributed by atoms with Crippen LogP contribution in [0.5, 0.6) is 17.2 Å². The molecule has 2 aliphatic rings. The van der Waals surface area contributed by atoms with Gasteiger partial charge in [-0.15, -0.1) is 0 Å². The van der Waals surface area contributed by atoms with Crippen LogP contribution in [0.15, 0.2) is 36.4 Å². The van der Waals surface area contributed by atoms with Crippen molar-refractivity contribution in [3.63, 3.8) is 0 Å². The number of nitro benzene ring substituents is 1. The average Bonchev–Trinajstić information content (AvgIpc) is 3.03. The Morgan fingerprint density at radius 2 is 1.80 bits per heavy atom. The van der Waals surface area contributed by atoms with Crippen molar-refractivity contribution < 1.29 is 23.9 Å². The fourth-order valence-corrected chi connectivity index (χ4v) is 2.93. The quantitative estimate of drug-likeness (QED) is 0.678. The van der Waals surface area contributed by atoms with Crippen LogP contribution in [0.4, 0.5) is 5.69 Å². The first-order chi connectivity index (χ1) is 12.1. The monoisotopic (exact) mass is 342 g/mol. The fraction of sp³-hybridized carbons (Fsp3) is 0.235. The zero-order valence-electron chi connectivity index (χ0n) is 13.1. The number of nitrogens with zero attached hydrogens (tertiary/aromatic N) is 1. The van der Waals surface area contributed by atoms with Gasteiger partial charge in [0.05, 0.1) is 17.0 Å². The molecule has 8 nitrogen and oxygen atoms in total. The first-order valence-electron chi connectivity index (χ1n) is 7.74. The first kappa shape index (κ1) is 15.3. The third-order valence-electron chi connectivity index (χ3n) is 4.11. The predicted molar refractivity (Wildman–Crippen MR) is 86.2 cm³/mol. The van der Waals surface area contributed by atoms with Crippen molar-refractivity contribution in [2.45, 2.75) is 6.04 Å². The largest absolute Gasteiger partial charge is 0.491 e. The van der Waals surface area contributed by atoms with E-state index in [0.717, 1.165) is 5.56 Å². The maximum absolute atomic E-state index is 12.7. The van der Waals surface area contributed by atoms with Gasteiger partial charge in [-0.1, -0.05) is 18.2 Å². The number of hydrogen-bond acceptors (Lipinski definition) is 6. The molecule has 0 saturated carbocycles. The summed E-state index contributed by atoms with van der Waals surface area (Å²) in [4.78, 5) is 23.4. The van der Waals surface area contributed by atoms with Crippen LogP contribution >= 0.6 is 0 Å². The maximum Gasteiger partial charge on any atom is 0.286 e. The van der Waals surface area contributed by atoms with Gasteiger partial charge in [0, 0.05) is 11.6 Å². The van der Waals surface area contributed by atoms with Gasteiger partial charge in [-0.2, -0.15) is 0 Å². The molecule has 0 unspecified atom stereocenters. The summed E-state index contributed by atoms with van der Waals surface area (Å²) in [6, 6.07) is 9.57. The van der Waals surface area contributed by atoms with E-state index in [1.165, 1.54) is 12.1 Å². The summed E-state index contributed by atoms with van der Waals surface area (Å²) in [5, 5.41) is 14.1. The Balaban J connectivity index is 1.65. The Morgan fingerprint density at radius 3 is 2.56 bits per heavy atom. The van der Waals surface area contributed by atoms with Gasteiger partial charge < -0.3 is 19.5 Å². The number of nitrogens with one attached hydrogen (secondary N) is 1. The van der Waals surface area contributed by atoms with Crippen LogP contribution in [0.25, 0.3) is 0 Å². The second kappa shape index (κ2) is 5.97. The van der Waals surface area contributed by atoms with Crippen LogP contribution in [0.3, 0.4) is 0 Å². The summed E-state index contributed by atoms with van der Waals surface area (Å²) in [6.45, 7) is 0.922. The molecule has 0 saturated heterocycles. The first-order valence-corrected chi connectivity index (χ1v) is 7.74. The third-order valence-corrected chi connectivity index (χ3v) is 4.11. The number of rotatable bonds is 3. The van der Waals surface area contributed by atoms with E-state index in [1.54, 1.807) is 0 Å². The molecule has 2 aromatic rings. The van der Waals surface area contributed by atoms with E-state index in [9.17, 15) is 14.9 Å². The minimum absolute atomic E-state index is 0.0707. The van der Waals surface area contributed by atoms with Crippen molar-refractivity contribution in [2.24, 2.45) is 0 Å². The summed E-state index contributed by atoms with van der Waals surface area (Å²) in [6.07, 6.45) is 0. The molecule has 2 heterocycles. The number of nitro groups is 1. The Bertz CT molecular complexity index is 866. The molecule has 4 rings (SSSR count). The van der Waals surface area contributed by atoms with Crippen molar-refractivity contribution in [3.05, 3.63) is 57.6 Å². The lowest BCUT2D eigenvalue weighted by Gasteiger charge is -2.19. The molecule has 0 fully saturated rings. The number of fused-ring (bicyclic) bond motifs is 2. The van der Waals surface area contributed by atoms with E-state index < -0.39 is 10.8 Å². The minimum atomic E-state index is -0.605. The summed E-state index contributed by atoms with van der Waals surface area (Å²) >= 11 is 0. The van der Waals surface area contributed by atoms with E-state index in [-0.39, 0.29) is 29.6 Å². The zero-order chi connectivity index (χ0) is 17.4. The molecule has 1 amide bonds. The number of ether oxygens (including phenoxy) is 3. The molecule has 25 heavy (non-hydrogen) atoms. The number of para-hydroxylation sites is 1. The average molecular weight is 342 g/mol. The maximum atomic E-state index is 12.7. The Labute approximate surface area is 142 Å². The summed E-state index contributed by atoms with van der Waals surface area (Å²) in [5.74, 6) is 0.729. The van der Waals surface area contributed by atoms with Crippen LogP contribution < -0.4 is 19.5 Å². The highest BCUT2D eigenvalue weighted by atomic mass is 16.6. The number of amides is 1. The second-order valence-electron chi connectivity index (χ2n) is 5.65. The normalized spacial score (nSPS) is 17.4. The number of benzene rings is 2. The van der Waals surface area contributed by atoms with Crippen molar-refractivity contribution in [1.82, 2.24) is 5.32 Å². The Morgan fingerprint density at radius 1 is 1.08 bits per heavy atom. The van der Waals surface area contributed by atoms with Crippen LogP contribution in [-0.4, -0.2) is 30.7 Å². The molecule has 8 heteroatoms. The second-order valence-corrected chi connectivity index (χ2v) is 5.65. The van der Waals surface area contributed by atoms with E-state index >= 15 is 0 Å². The molecule has 1 atom stereocenters. The molecule has 0 bridgehead atoms. The van der Waals surface area contributed by atoms with Crippen molar-refractivity contribution in [1.29, 1.82) is 0 Å². The molecular weight excluding hydrogens is 328 g/mol. The smallest absolute Gasteiger partial charge is 0.286 e. The van der Waals surface area contributed by atoms with Crippen molar-refractivity contribution in [3.8, 4) is 17.2 Å². The lowest BCUT2D eigenvalue weighted by molar-refractivity contribution is -0.385. The molecule has 1 N–H and O–H groups in total. The highest BCUT2D eigenvalue weighted by Crippen LogP contribution is 2.37. The fourth-order valence-electron chi connectivity index (χ4n) is 2.93. The number of carbonyl (C=O) groups is 1. The van der Waals surface area contributed by atoms with Gasteiger partial charge in [0.15, 0.2) is 11.5 Å². The van der Waals surface area contributed by atoms with Gasteiger partial charge in [-0.25, -0.2) is 0 Å². The molecule has 2 aromatic carbocycles. The Hall–Kier alpha value is -3.29. The standard InChI is InChI=1S/C17H14N2O6/c20-17(18-12-9-25-14-4-2-1-3-10(12)14)11-7-15-16(24-6-5-23-15)8-13(11)19(21)22/h1-4,7-8,12H,5-6,9H2,(H,18,20)/t12-/m1/s1. The predicted octanol–water partition coefficient (Wildman–Crippen LogP) is 2.23. The van der Waals surface area contributed by atoms with Gasteiger partial charge in [0.1, 0.15) is 31.1 Å². The summed E-state index contributed by atoms with van der Waals surface area (Å²) in [7, 11) is 0. The van der Waals surface area contributed by atoms with E-state index in [0.29, 0.717) is 24.7 Å². The lowest BCUT2D eigenvalue weighted by Crippen LogP contribution is -2.30. The highest BCUT2D eigenvalue weighted by Gasteiger charge is 2.30. The van der Waals surface area contributed by atoms with E-state index in [1.807, 2.05) is 24.3 Å². The van der Waals surface area contributed by atoms with Gasteiger partial charge in [0.2, 0.25) is 0 Å². The topological polar surface area (TPSA) is 99.9 Å². The van der Waals surface area contributed by atoms with Crippen molar-refractivity contribution in [2.75, 3.05) is 19.8 Å². The van der Waals surface area contributed by atoms with E-state index in [2.05, 4.69) is 5.32 Å². The molecular formula is C17H14N2O6. The van der Waals surface area contributed by atoms with Crippen LogP contribution in [-0.2, 0) is 0 Å². The molecule has 128 valence electrons. The SMILES string of the molecule is O=C(N[C@@H]1COc2ccccc21)c1cc2c(cc1[N+](=O)[O-])OCCO2.